The summed E-state index contributed by atoms with van der Waals surface area (Å²) in [7, 11) is 0. The highest BCUT2D eigenvalue weighted by molar-refractivity contribution is 6.29. The lowest BCUT2D eigenvalue weighted by molar-refractivity contribution is 0.0946. The number of benzene rings is 1. The number of carbonyl (C=O) groups is 1. The second-order valence-corrected chi connectivity index (χ2v) is 9.05. The van der Waals surface area contributed by atoms with Crippen LogP contribution in [0.1, 0.15) is 47.5 Å². The van der Waals surface area contributed by atoms with Gasteiger partial charge in [0.25, 0.3) is 5.91 Å². The number of halogens is 2. The highest BCUT2D eigenvalue weighted by atomic mass is 35.5. The standard InChI is InChI=1S/C24H23ClFN3O/c25-23-4-1-15(13-28-23)24(30)29-12-14-7-16-9-18(10-17(16)8-14)20-5-6-27-22-3-2-19(26)11-21(20)22/h1-6,11,13-14,16-18H,7-10,12H2,(H,29,30)/t14?,16-,17+,18?. The van der Waals surface area contributed by atoms with Gasteiger partial charge in [0.1, 0.15) is 11.0 Å². The number of nitrogens with zero attached hydrogens (tertiary/aromatic N) is 2. The quantitative estimate of drug-likeness (QED) is 0.574. The Morgan fingerprint density at radius 2 is 1.87 bits per heavy atom. The van der Waals surface area contributed by atoms with Gasteiger partial charge in [-0.25, -0.2) is 9.37 Å². The first-order valence-electron chi connectivity index (χ1n) is 10.5. The molecule has 2 aromatic heterocycles. The van der Waals surface area contributed by atoms with Crippen LogP contribution in [-0.4, -0.2) is 22.4 Å². The third kappa shape index (κ3) is 3.79. The van der Waals surface area contributed by atoms with Gasteiger partial charge in [-0.1, -0.05) is 11.6 Å². The van der Waals surface area contributed by atoms with E-state index in [0.717, 1.165) is 36.6 Å². The fourth-order valence-corrected chi connectivity index (χ4v) is 5.62. The number of amides is 1. The lowest BCUT2D eigenvalue weighted by Crippen LogP contribution is -2.28. The average molecular weight is 424 g/mol. The van der Waals surface area contributed by atoms with E-state index in [-0.39, 0.29) is 11.7 Å². The first-order chi connectivity index (χ1) is 14.6. The summed E-state index contributed by atoms with van der Waals surface area (Å²) in [6, 6.07) is 10.2. The molecule has 2 saturated carbocycles. The number of carbonyl (C=O) groups excluding carboxylic acids is 1. The van der Waals surface area contributed by atoms with Gasteiger partial charge in [0, 0.05) is 24.3 Å². The maximum atomic E-state index is 13.8. The van der Waals surface area contributed by atoms with E-state index in [1.54, 1.807) is 24.3 Å². The summed E-state index contributed by atoms with van der Waals surface area (Å²) < 4.78 is 13.8. The van der Waals surface area contributed by atoms with Gasteiger partial charge in [-0.3, -0.25) is 9.78 Å². The molecular weight excluding hydrogens is 401 g/mol. The fourth-order valence-electron chi connectivity index (χ4n) is 5.51. The molecule has 2 unspecified atom stereocenters. The van der Waals surface area contributed by atoms with Crippen molar-refractivity contribution in [3.63, 3.8) is 0 Å². The van der Waals surface area contributed by atoms with Crippen LogP contribution in [0.15, 0.2) is 48.8 Å². The third-order valence-electron chi connectivity index (χ3n) is 6.83. The van der Waals surface area contributed by atoms with Gasteiger partial charge in [0.2, 0.25) is 0 Å². The van der Waals surface area contributed by atoms with E-state index >= 15 is 0 Å². The molecular formula is C24H23ClFN3O. The Bertz CT molecular complexity index is 1070. The zero-order chi connectivity index (χ0) is 20.7. The van der Waals surface area contributed by atoms with Crippen LogP contribution in [0, 0.1) is 23.6 Å². The monoisotopic (exact) mass is 423 g/mol. The number of hydrogen-bond donors (Lipinski definition) is 1. The van der Waals surface area contributed by atoms with Crippen molar-refractivity contribution in [2.45, 2.75) is 31.6 Å². The molecule has 0 bridgehead atoms. The molecule has 2 heterocycles. The van der Waals surface area contributed by atoms with Gasteiger partial charge < -0.3 is 5.32 Å². The summed E-state index contributed by atoms with van der Waals surface area (Å²) in [5, 5.41) is 4.38. The summed E-state index contributed by atoms with van der Waals surface area (Å²) in [5.41, 5.74) is 2.63. The molecule has 2 aliphatic carbocycles. The molecule has 0 aliphatic heterocycles. The molecule has 2 fully saturated rings. The summed E-state index contributed by atoms with van der Waals surface area (Å²) >= 11 is 5.78. The number of nitrogens with one attached hydrogen (secondary N) is 1. The average Bonchev–Trinajstić information content (AvgIpc) is 3.31. The van der Waals surface area contributed by atoms with Crippen molar-refractivity contribution in [3.05, 3.63) is 70.9 Å². The van der Waals surface area contributed by atoms with Crippen LogP contribution in [-0.2, 0) is 0 Å². The molecule has 0 saturated heterocycles. The molecule has 0 radical (unpaired) electrons. The Labute approximate surface area is 179 Å². The Morgan fingerprint density at radius 3 is 2.60 bits per heavy atom. The Hall–Kier alpha value is -2.53. The van der Waals surface area contributed by atoms with Crippen molar-refractivity contribution in [3.8, 4) is 0 Å². The minimum absolute atomic E-state index is 0.0978. The van der Waals surface area contributed by atoms with Crippen molar-refractivity contribution in [2.75, 3.05) is 6.54 Å². The van der Waals surface area contributed by atoms with Crippen molar-refractivity contribution in [1.29, 1.82) is 0 Å². The van der Waals surface area contributed by atoms with Crippen LogP contribution in [0.5, 0.6) is 0 Å². The summed E-state index contributed by atoms with van der Waals surface area (Å²) in [6.45, 7) is 0.697. The van der Waals surface area contributed by atoms with Gasteiger partial charge in [-0.05, 0) is 91.3 Å². The normalized spacial score (nSPS) is 25.4. The van der Waals surface area contributed by atoms with Crippen molar-refractivity contribution in [1.82, 2.24) is 15.3 Å². The zero-order valence-electron chi connectivity index (χ0n) is 16.5. The Balaban J connectivity index is 1.20. The largest absolute Gasteiger partial charge is 0.352 e. The maximum Gasteiger partial charge on any atom is 0.252 e. The molecule has 1 amide bonds. The van der Waals surface area contributed by atoms with E-state index < -0.39 is 0 Å². The topological polar surface area (TPSA) is 54.9 Å². The van der Waals surface area contributed by atoms with E-state index in [1.165, 1.54) is 17.8 Å². The van der Waals surface area contributed by atoms with Gasteiger partial charge in [0.05, 0.1) is 11.1 Å². The van der Waals surface area contributed by atoms with Crippen LogP contribution >= 0.6 is 11.6 Å². The predicted molar refractivity (Wildman–Crippen MR) is 115 cm³/mol. The molecule has 1 aromatic carbocycles. The molecule has 4 nitrogen and oxygen atoms in total. The third-order valence-corrected chi connectivity index (χ3v) is 7.05. The number of hydrogen-bond acceptors (Lipinski definition) is 3. The highest BCUT2D eigenvalue weighted by Gasteiger charge is 2.42. The number of pyridine rings is 2. The first-order valence-corrected chi connectivity index (χ1v) is 10.9. The molecule has 4 atom stereocenters. The van der Waals surface area contributed by atoms with E-state index in [0.29, 0.717) is 40.9 Å². The Morgan fingerprint density at radius 1 is 1.07 bits per heavy atom. The maximum absolute atomic E-state index is 13.8. The zero-order valence-corrected chi connectivity index (χ0v) is 17.3. The number of rotatable bonds is 4. The van der Waals surface area contributed by atoms with E-state index in [9.17, 15) is 9.18 Å². The predicted octanol–water partition coefficient (Wildman–Crippen LogP) is 5.37. The molecule has 5 rings (SSSR count). The van der Waals surface area contributed by atoms with E-state index in [2.05, 4.69) is 21.4 Å². The second-order valence-electron chi connectivity index (χ2n) is 8.67. The van der Waals surface area contributed by atoms with Crippen LogP contribution in [0.3, 0.4) is 0 Å². The molecule has 2 aliphatic rings. The first kappa shape index (κ1) is 19.4. The summed E-state index contributed by atoms with van der Waals surface area (Å²) in [5.74, 6) is 2.01. The van der Waals surface area contributed by atoms with Crippen LogP contribution in [0.4, 0.5) is 4.39 Å². The van der Waals surface area contributed by atoms with Gasteiger partial charge in [-0.2, -0.15) is 0 Å². The van der Waals surface area contributed by atoms with Crippen LogP contribution < -0.4 is 5.32 Å². The lowest BCUT2D eigenvalue weighted by Gasteiger charge is -2.17. The SMILES string of the molecule is O=C(NCC1C[C@@H]2CC(c3ccnc4ccc(F)cc34)C[C@@H]2C1)c1ccc(Cl)nc1. The molecule has 30 heavy (non-hydrogen) atoms. The van der Waals surface area contributed by atoms with E-state index in [1.807, 2.05) is 6.20 Å². The van der Waals surface area contributed by atoms with Crippen LogP contribution in [0.2, 0.25) is 5.15 Å². The summed E-state index contributed by atoms with van der Waals surface area (Å²) in [6.07, 6.45) is 7.88. The van der Waals surface area contributed by atoms with E-state index in [4.69, 9.17) is 11.6 Å². The highest BCUT2D eigenvalue weighted by Crippen LogP contribution is 2.53. The Kier molecular flexibility index (Phi) is 5.15. The van der Waals surface area contributed by atoms with Crippen molar-refractivity contribution >= 4 is 28.4 Å². The minimum Gasteiger partial charge on any atom is -0.352 e. The van der Waals surface area contributed by atoms with Gasteiger partial charge in [0.15, 0.2) is 0 Å². The fraction of sp³-hybridized carbons (Fsp3) is 0.375. The lowest BCUT2D eigenvalue weighted by atomic mass is 9.90. The van der Waals surface area contributed by atoms with Crippen molar-refractivity contribution < 1.29 is 9.18 Å². The number of aromatic nitrogens is 2. The number of fused-ring (bicyclic) bond motifs is 2. The smallest absolute Gasteiger partial charge is 0.252 e. The van der Waals surface area contributed by atoms with Gasteiger partial charge >= 0.3 is 0 Å². The molecule has 0 spiro atoms. The molecule has 3 aromatic rings. The molecule has 154 valence electrons. The minimum atomic E-state index is -0.207. The van der Waals surface area contributed by atoms with Crippen molar-refractivity contribution in [2.24, 2.45) is 17.8 Å². The summed E-state index contributed by atoms with van der Waals surface area (Å²) in [4.78, 5) is 20.7. The van der Waals surface area contributed by atoms with Gasteiger partial charge in [-0.15, -0.1) is 0 Å². The van der Waals surface area contributed by atoms with Crippen LogP contribution in [0.25, 0.3) is 10.9 Å². The molecule has 1 N–H and O–H groups in total. The molecule has 6 heteroatoms. The second kappa shape index (κ2) is 7.95.